The van der Waals surface area contributed by atoms with E-state index in [-0.39, 0.29) is 0 Å². The maximum Gasteiger partial charge on any atom is 0.119 e. The smallest absolute Gasteiger partial charge is 0.119 e. The molecule has 0 fully saturated rings. The van der Waals surface area contributed by atoms with Gasteiger partial charge in [-0.2, -0.15) is 0 Å². The van der Waals surface area contributed by atoms with Crippen LogP contribution in [-0.2, 0) is 0 Å². The van der Waals surface area contributed by atoms with Gasteiger partial charge >= 0.3 is 0 Å². The van der Waals surface area contributed by atoms with Gasteiger partial charge in [0.2, 0.25) is 0 Å². The minimum Gasteiger partial charge on any atom is -0.493 e. The average molecular weight is 251 g/mol. The molecule has 0 aliphatic heterocycles. The zero-order valence-corrected chi connectivity index (χ0v) is 11.4. The molecular weight excluding hydrogens is 226 g/mol. The normalized spacial score (nSPS) is 12.7. The van der Waals surface area contributed by atoms with Crippen LogP contribution in [0.4, 0.5) is 0 Å². The lowest BCUT2D eigenvalue weighted by molar-refractivity contribution is 0.169. The van der Waals surface area contributed by atoms with E-state index >= 15 is 0 Å². The molecule has 3 nitrogen and oxygen atoms in total. The number of hydrogen-bond acceptors (Lipinski definition) is 3. The second-order valence-corrected chi connectivity index (χ2v) is 4.66. The van der Waals surface area contributed by atoms with Gasteiger partial charge in [-0.25, -0.2) is 0 Å². The highest BCUT2D eigenvalue weighted by atomic mass is 16.5. The Hall–Kier alpha value is -1.06. The molecule has 0 heterocycles. The second kappa shape index (κ2) is 8.11. The van der Waals surface area contributed by atoms with Crippen molar-refractivity contribution in [1.29, 1.82) is 0 Å². The zero-order valence-electron chi connectivity index (χ0n) is 11.4. The summed E-state index contributed by atoms with van der Waals surface area (Å²) in [4.78, 5) is 0. The highest BCUT2D eigenvalue weighted by Crippen LogP contribution is 2.22. The van der Waals surface area contributed by atoms with Crippen LogP contribution in [0.1, 0.15) is 44.8 Å². The first-order valence-electron chi connectivity index (χ1n) is 6.82. The van der Waals surface area contributed by atoms with Crippen LogP contribution < -0.4 is 10.5 Å². The van der Waals surface area contributed by atoms with Gasteiger partial charge in [-0.3, -0.25) is 0 Å². The topological polar surface area (TPSA) is 55.5 Å². The Morgan fingerprint density at radius 1 is 1.28 bits per heavy atom. The van der Waals surface area contributed by atoms with E-state index in [1.807, 2.05) is 24.3 Å². The van der Waals surface area contributed by atoms with Crippen molar-refractivity contribution in [1.82, 2.24) is 0 Å². The van der Waals surface area contributed by atoms with Gasteiger partial charge in [0.25, 0.3) is 0 Å². The van der Waals surface area contributed by atoms with Gasteiger partial charge in [-0.05, 0) is 36.6 Å². The molecule has 0 radical (unpaired) electrons. The van der Waals surface area contributed by atoms with E-state index in [9.17, 15) is 5.11 Å². The van der Waals surface area contributed by atoms with Gasteiger partial charge < -0.3 is 15.6 Å². The predicted molar refractivity (Wildman–Crippen MR) is 74.6 cm³/mol. The van der Waals surface area contributed by atoms with Crippen LogP contribution in [0.25, 0.3) is 0 Å². The number of aliphatic hydroxyl groups is 1. The Labute approximate surface area is 110 Å². The van der Waals surface area contributed by atoms with Crippen LogP contribution in [0.15, 0.2) is 24.3 Å². The summed E-state index contributed by atoms with van der Waals surface area (Å²) in [6, 6.07) is 7.66. The lowest BCUT2D eigenvalue weighted by atomic mass is 10.0. The second-order valence-electron chi connectivity index (χ2n) is 4.66. The minimum absolute atomic E-state index is 0.486. The molecule has 3 N–H and O–H groups in total. The van der Waals surface area contributed by atoms with Gasteiger partial charge in [0, 0.05) is 0 Å². The summed E-state index contributed by atoms with van der Waals surface area (Å²) in [5.41, 5.74) is 6.33. The van der Waals surface area contributed by atoms with Crippen molar-refractivity contribution < 1.29 is 9.84 Å². The molecule has 0 aliphatic carbocycles. The van der Waals surface area contributed by atoms with Crippen LogP contribution in [0.2, 0.25) is 0 Å². The fraction of sp³-hybridized carbons (Fsp3) is 0.600. The van der Waals surface area contributed by atoms with Gasteiger partial charge in [0.1, 0.15) is 5.75 Å². The molecule has 0 spiro atoms. The van der Waals surface area contributed by atoms with E-state index in [0.29, 0.717) is 18.9 Å². The molecule has 0 aromatic heterocycles. The van der Waals surface area contributed by atoms with Crippen molar-refractivity contribution >= 4 is 0 Å². The molecule has 1 rings (SSSR count). The number of rotatable bonds is 8. The quantitative estimate of drug-likeness (QED) is 0.747. The third-order valence-corrected chi connectivity index (χ3v) is 3.32. The Morgan fingerprint density at radius 3 is 2.61 bits per heavy atom. The monoisotopic (exact) mass is 251 g/mol. The fourth-order valence-electron chi connectivity index (χ4n) is 1.87. The highest BCUT2D eigenvalue weighted by molar-refractivity contribution is 5.29. The maximum atomic E-state index is 9.88. The maximum absolute atomic E-state index is 9.88. The van der Waals surface area contributed by atoms with Gasteiger partial charge in [-0.1, -0.05) is 38.8 Å². The third-order valence-electron chi connectivity index (χ3n) is 3.32. The number of hydrogen-bond donors (Lipinski definition) is 2. The van der Waals surface area contributed by atoms with Crippen molar-refractivity contribution in [3.05, 3.63) is 29.8 Å². The van der Waals surface area contributed by atoms with E-state index in [0.717, 1.165) is 30.8 Å². The van der Waals surface area contributed by atoms with E-state index in [1.54, 1.807) is 0 Å². The van der Waals surface area contributed by atoms with Crippen LogP contribution in [0, 0.1) is 5.92 Å². The SMILES string of the molecule is CCC(CC)COc1cccc([C@@H](O)CCN)c1. The van der Waals surface area contributed by atoms with Crippen LogP contribution >= 0.6 is 0 Å². The average Bonchev–Trinajstić information content (AvgIpc) is 2.40. The Bertz CT molecular complexity index is 337. The van der Waals surface area contributed by atoms with Crippen LogP contribution in [0.3, 0.4) is 0 Å². The molecule has 0 saturated heterocycles. The molecule has 3 heteroatoms. The van der Waals surface area contributed by atoms with E-state index in [2.05, 4.69) is 13.8 Å². The number of aliphatic hydroxyl groups excluding tert-OH is 1. The molecule has 0 bridgehead atoms. The van der Waals surface area contributed by atoms with Gasteiger partial charge in [-0.15, -0.1) is 0 Å². The van der Waals surface area contributed by atoms with Crippen molar-refractivity contribution in [2.24, 2.45) is 11.7 Å². The Balaban J connectivity index is 2.59. The summed E-state index contributed by atoms with van der Waals surface area (Å²) in [6.45, 7) is 5.58. The molecule has 0 unspecified atom stereocenters. The number of ether oxygens (including phenoxy) is 1. The lowest BCUT2D eigenvalue weighted by Gasteiger charge is -2.15. The lowest BCUT2D eigenvalue weighted by Crippen LogP contribution is -2.10. The van der Waals surface area contributed by atoms with Gasteiger partial charge in [0.05, 0.1) is 12.7 Å². The largest absolute Gasteiger partial charge is 0.493 e. The minimum atomic E-state index is -0.494. The van der Waals surface area contributed by atoms with Crippen molar-refractivity contribution in [3.63, 3.8) is 0 Å². The summed E-state index contributed by atoms with van der Waals surface area (Å²) < 4.78 is 5.78. The molecule has 0 aliphatic rings. The molecule has 1 aromatic carbocycles. The summed E-state index contributed by atoms with van der Waals surface area (Å²) in [7, 11) is 0. The Morgan fingerprint density at radius 2 is 2.00 bits per heavy atom. The first-order valence-corrected chi connectivity index (χ1v) is 6.82. The van der Waals surface area contributed by atoms with Crippen molar-refractivity contribution in [3.8, 4) is 5.75 Å². The van der Waals surface area contributed by atoms with Crippen molar-refractivity contribution in [2.45, 2.75) is 39.2 Å². The molecule has 0 saturated carbocycles. The molecule has 18 heavy (non-hydrogen) atoms. The van der Waals surface area contributed by atoms with Crippen LogP contribution in [-0.4, -0.2) is 18.3 Å². The Kier molecular flexibility index (Phi) is 6.76. The first-order chi connectivity index (χ1) is 8.71. The molecule has 102 valence electrons. The summed E-state index contributed by atoms with van der Waals surface area (Å²) in [6.07, 6.45) is 2.35. The van der Waals surface area contributed by atoms with E-state index in [1.165, 1.54) is 0 Å². The summed E-state index contributed by atoms with van der Waals surface area (Å²) >= 11 is 0. The highest BCUT2D eigenvalue weighted by Gasteiger charge is 2.08. The summed E-state index contributed by atoms with van der Waals surface area (Å²) in [5, 5.41) is 9.88. The van der Waals surface area contributed by atoms with Crippen molar-refractivity contribution in [2.75, 3.05) is 13.2 Å². The predicted octanol–water partition coefficient (Wildman–Crippen LogP) is 2.88. The summed E-state index contributed by atoms with van der Waals surface area (Å²) in [5.74, 6) is 1.43. The molecular formula is C15H25NO2. The molecule has 1 atom stereocenters. The number of benzene rings is 1. The zero-order chi connectivity index (χ0) is 13.4. The molecule has 1 aromatic rings. The number of nitrogens with two attached hydrogens (primary N) is 1. The standard InChI is InChI=1S/C15H25NO2/c1-3-12(4-2)11-18-14-7-5-6-13(10-14)15(17)8-9-16/h5-7,10,12,15,17H,3-4,8-9,11,16H2,1-2H3/t15-/m0/s1. The third kappa shape index (κ3) is 4.67. The van der Waals surface area contributed by atoms with E-state index < -0.39 is 6.10 Å². The van der Waals surface area contributed by atoms with E-state index in [4.69, 9.17) is 10.5 Å². The molecule has 0 amide bonds. The first kappa shape index (κ1) is 15.0. The van der Waals surface area contributed by atoms with Crippen LogP contribution in [0.5, 0.6) is 5.75 Å². The fourth-order valence-corrected chi connectivity index (χ4v) is 1.87. The van der Waals surface area contributed by atoms with Gasteiger partial charge in [0.15, 0.2) is 0 Å².